The highest BCUT2D eigenvalue weighted by molar-refractivity contribution is 6.36. The van der Waals surface area contributed by atoms with Crippen LogP contribution in [0, 0.1) is 11.6 Å². The molecule has 7 aromatic rings. The summed E-state index contributed by atoms with van der Waals surface area (Å²) in [6.45, 7) is 5.66. The quantitative estimate of drug-likeness (QED) is 0.120. The first-order chi connectivity index (χ1) is 30.9. The number of aliphatic hydroxyl groups excluding tert-OH is 2. The molecule has 6 nitrogen and oxygen atoms in total. The Kier molecular flexibility index (Phi) is 20.2. The lowest BCUT2D eigenvalue weighted by Crippen LogP contribution is -2.35. The normalized spacial score (nSPS) is 15.5. The van der Waals surface area contributed by atoms with Gasteiger partial charge < -0.3 is 29.2 Å². The van der Waals surface area contributed by atoms with E-state index in [1.54, 1.807) is 0 Å². The van der Waals surface area contributed by atoms with Gasteiger partial charge in [-0.2, -0.15) is 4.39 Å². The largest absolute Gasteiger partial charge is 0.494 e. The maximum Gasteiger partial charge on any atom is 0.200 e. The van der Waals surface area contributed by atoms with Crippen molar-refractivity contribution in [3.8, 4) is 5.75 Å². The number of benzene rings is 7. The number of methoxy groups -OCH3 is 1. The standard InChI is InChI=1S/C38H35ClF2O4.2C7H8O.C2H6/c1-42-34-17-16-27(37(40)38(34)41)18-28-19-33(31-14-8-9-15-32(31)36(28)39)35-21-29(44-23-26-12-6-3-7-13-26)20-30(45-35)24-43-22-25-10-4-2-5-11-25;2*8-6-7-4-2-1-3-5-7;1-2/h2-17,19,29-30,35H,18,20-24H2,1H3;2*1-5,8H,6H2;1-2H3. The smallest absolute Gasteiger partial charge is 0.200 e. The predicted molar refractivity (Wildman–Crippen MR) is 249 cm³/mol. The third-order valence-corrected chi connectivity index (χ3v) is 10.8. The van der Waals surface area contributed by atoms with E-state index in [-0.39, 0.29) is 49.3 Å². The average Bonchev–Trinajstić information content (AvgIpc) is 3.35. The monoisotopic (exact) mass is 874 g/mol. The fourth-order valence-corrected chi connectivity index (χ4v) is 7.43. The predicted octanol–water partition coefficient (Wildman–Crippen LogP) is 12.8. The summed E-state index contributed by atoms with van der Waals surface area (Å²) in [6.07, 6.45) is 0.793. The van der Waals surface area contributed by atoms with Gasteiger partial charge in [-0.25, -0.2) is 4.39 Å². The van der Waals surface area contributed by atoms with E-state index in [0.717, 1.165) is 38.6 Å². The van der Waals surface area contributed by atoms with E-state index in [2.05, 4.69) is 12.1 Å². The maximum atomic E-state index is 15.1. The minimum Gasteiger partial charge on any atom is -0.494 e. The van der Waals surface area contributed by atoms with Gasteiger partial charge in [-0.05, 0) is 50.4 Å². The van der Waals surface area contributed by atoms with Crippen LogP contribution < -0.4 is 4.74 Å². The third kappa shape index (κ3) is 14.5. The van der Waals surface area contributed by atoms with E-state index in [1.165, 1.54) is 19.2 Å². The van der Waals surface area contributed by atoms with E-state index in [4.69, 9.17) is 40.8 Å². The molecule has 1 saturated heterocycles. The highest BCUT2D eigenvalue weighted by Crippen LogP contribution is 2.41. The molecular weight excluding hydrogens is 818 g/mol. The minimum atomic E-state index is -1.01. The second-order valence-electron chi connectivity index (χ2n) is 14.6. The van der Waals surface area contributed by atoms with Crippen LogP contribution in [0.25, 0.3) is 10.8 Å². The van der Waals surface area contributed by atoms with Crippen LogP contribution in [0.5, 0.6) is 5.75 Å². The van der Waals surface area contributed by atoms with Crippen LogP contribution in [0.2, 0.25) is 5.02 Å². The molecule has 0 aliphatic carbocycles. The van der Waals surface area contributed by atoms with Crippen molar-refractivity contribution in [2.75, 3.05) is 13.7 Å². The second-order valence-corrected chi connectivity index (χ2v) is 15.0. The van der Waals surface area contributed by atoms with Crippen molar-refractivity contribution >= 4 is 22.4 Å². The van der Waals surface area contributed by atoms with E-state index in [9.17, 15) is 4.39 Å². The fourth-order valence-electron chi connectivity index (χ4n) is 7.15. The van der Waals surface area contributed by atoms with Crippen LogP contribution in [0.15, 0.2) is 164 Å². The van der Waals surface area contributed by atoms with E-state index >= 15 is 4.39 Å². The fraction of sp³-hybridized carbons (Fsp3) is 0.259. The molecule has 2 N–H and O–H groups in total. The van der Waals surface area contributed by atoms with Crippen molar-refractivity contribution in [2.24, 2.45) is 0 Å². The molecule has 63 heavy (non-hydrogen) atoms. The van der Waals surface area contributed by atoms with Gasteiger partial charge in [0, 0.05) is 24.6 Å². The number of hydrogen-bond donors (Lipinski definition) is 2. The number of halogens is 3. The molecule has 1 fully saturated rings. The van der Waals surface area contributed by atoms with Crippen LogP contribution in [-0.2, 0) is 47.1 Å². The first-order valence-corrected chi connectivity index (χ1v) is 21.7. The first kappa shape index (κ1) is 48.6. The van der Waals surface area contributed by atoms with Gasteiger partial charge in [-0.3, -0.25) is 0 Å². The lowest BCUT2D eigenvalue weighted by atomic mass is 9.89. The summed E-state index contributed by atoms with van der Waals surface area (Å²) in [7, 11) is 1.31. The number of rotatable bonds is 13. The van der Waals surface area contributed by atoms with Crippen LogP contribution in [-0.4, -0.2) is 36.1 Å². The van der Waals surface area contributed by atoms with Crippen molar-refractivity contribution in [2.45, 2.75) is 77.8 Å². The topological polar surface area (TPSA) is 77.4 Å². The summed E-state index contributed by atoms with van der Waals surface area (Å²) in [5.74, 6) is -2.10. The van der Waals surface area contributed by atoms with Crippen molar-refractivity contribution < 1.29 is 37.9 Å². The Hall–Kier alpha value is -5.45. The molecular formula is C54H57ClF2O6. The molecule has 8 rings (SSSR count). The van der Waals surface area contributed by atoms with Gasteiger partial charge in [0.15, 0.2) is 11.6 Å². The SMILES string of the molecule is CC.COc1ccc(Cc2cc(C3CC(OCc4ccccc4)CC(COCc4ccccc4)O3)c3ccccc3c2Cl)c(F)c1F.OCc1ccccc1.OCc1ccccc1. The summed E-state index contributed by atoms with van der Waals surface area (Å²) < 4.78 is 53.9. The Balaban J connectivity index is 0.000000345. The minimum absolute atomic E-state index is 0.0831. The highest BCUT2D eigenvalue weighted by Gasteiger charge is 2.33. The van der Waals surface area contributed by atoms with E-state index < -0.39 is 11.6 Å². The first-order valence-electron chi connectivity index (χ1n) is 21.3. The molecule has 1 aliphatic rings. The Morgan fingerprint density at radius 1 is 0.603 bits per heavy atom. The summed E-state index contributed by atoms with van der Waals surface area (Å²) >= 11 is 6.93. The number of fused-ring (bicyclic) bond motifs is 1. The van der Waals surface area contributed by atoms with Crippen molar-refractivity contribution in [1.82, 2.24) is 0 Å². The second kappa shape index (κ2) is 26.2. The molecule has 0 bridgehead atoms. The lowest BCUT2D eigenvalue weighted by Gasteiger charge is -2.36. The van der Waals surface area contributed by atoms with Crippen LogP contribution in [0.1, 0.15) is 71.7 Å². The summed E-state index contributed by atoms with van der Waals surface area (Å²) in [4.78, 5) is 0. The van der Waals surface area contributed by atoms with Gasteiger partial charge in [0.05, 0.1) is 63.5 Å². The van der Waals surface area contributed by atoms with Gasteiger partial charge in [-0.1, -0.05) is 183 Å². The van der Waals surface area contributed by atoms with Crippen molar-refractivity contribution in [1.29, 1.82) is 0 Å². The molecule has 0 spiro atoms. The van der Waals surface area contributed by atoms with Crippen LogP contribution in [0.3, 0.4) is 0 Å². The molecule has 1 heterocycles. The molecule has 0 radical (unpaired) electrons. The molecule has 1 aliphatic heterocycles. The zero-order chi connectivity index (χ0) is 44.8. The number of hydrogen-bond acceptors (Lipinski definition) is 6. The van der Waals surface area contributed by atoms with Crippen LogP contribution >= 0.6 is 11.6 Å². The molecule has 0 aromatic heterocycles. The van der Waals surface area contributed by atoms with Gasteiger partial charge in [0.25, 0.3) is 0 Å². The molecule has 0 amide bonds. The molecule has 3 unspecified atom stereocenters. The Morgan fingerprint density at radius 2 is 1.11 bits per heavy atom. The van der Waals surface area contributed by atoms with Gasteiger partial charge >= 0.3 is 0 Å². The Labute approximate surface area is 375 Å². The zero-order valence-corrected chi connectivity index (χ0v) is 36.9. The average molecular weight is 875 g/mol. The number of aliphatic hydroxyl groups is 2. The highest BCUT2D eigenvalue weighted by atomic mass is 35.5. The molecule has 330 valence electrons. The zero-order valence-electron chi connectivity index (χ0n) is 36.1. The van der Waals surface area contributed by atoms with Crippen molar-refractivity contribution in [3.05, 3.63) is 219 Å². The molecule has 7 aromatic carbocycles. The van der Waals surface area contributed by atoms with Gasteiger partial charge in [-0.15, -0.1) is 0 Å². The molecule has 3 atom stereocenters. The summed E-state index contributed by atoms with van der Waals surface area (Å²) in [5.41, 5.74) is 5.93. The van der Waals surface area contributed by atoms with Gasteiger partial charge in [0.2, 0.25) is 5.82 Å². The van der Waals surface area contributed by atoms with E-state index in [1.807, 2.05) is 153 Å². The summed E-state index contributed by atoms with van der Waals surface area (Å²) in [5, 5.41) is 19.4. The van der Waals surface area contributed by atoms with Crippen LogP contribution in [0.4, 0.5) is 8.78 Å². The van der Waals surface area contributed by atoms with Crippen molar-refractivity contribution in [3.63, 3.8) is 0 Å². The van der Waals surface area contributed by atoms with Gasteiger partial charge in [0.1, 0.15) is 0 Å². The number of ether oxygens (including phenoxy) is 4. The Morgan fingerprint density at radius 3 is 1.63 bits per heavy atom. The molecule has 0 saturated carbocycles. The summed E-state index contributed by atoms with van der Waals surface area (Å²) in [6, 6.07) is 52.0. The molecule has 9 heteroatoms. The lowest BCUT2D eigenvalue weighted by molar-refractivity contribution is -0.141. The third-order valence-electron chi connectivity index (χ3n) is 10.3. The van der Waals surface area contributed by atoms with E-state index in [0.29, 0.717) is 43.2 Å². The maximum absolute atomic E-state index is 15.1. The Bertz CT molecular complexity index is 2330.